The molecule has 2 aliphatic heterocycles. The average Bonchev–Trinajstić information content (AvgIpc) is 3.01. The highest BCUT2D eigenvalue weighted by Gasteiger charge is 2.44. The lowest BCUT2D eigenvalue weighted by molar-refractivity contribution is 0.0523. The first kappa shape index (κ1) is 13.3. The molecule has 120 valence electrons. The molecule has 0 N–H and O–H groups in total. The second-order valence-electron chi connectivity index (χ2n) is 7.12. The van der Waals surface area contributed by atoms with Crippen molar-refractivity contribution in [3.05, 3.63) is 36.2 Å². The van der Waals surface area contributed by atoms with Crippen LogP contribution in [0, 0.1) is 0 Å². The molecule has 2 aromatic rings. The van der Waals surface area contributed by atoms with E-state index < -0.39 is 0 Å². The van der Waals surface area contributed by atoms with Gasteiger partial charge < -0.3 is 14.0 Å². The Labute approximate surface area is 134 Å². The van der Waals surface area contributed by atoms with Crippen LogP contribution in [0.3, 0.4) is 0 Å². The predicted octanol–water partition coefficient (Wildman–Crippen LogP) is 2.76. The Morgan fingerprint density at radius 1 is 1.13 bits per heavy atom. The summed E-state index contributed by atoms with van der Waals surface area (Å²) in [6.07, 6.45) is 12.3. The van der Waals surface area contributed by atoms with E-state index in [1.54, 1.807) is 0 Å². The summed E-state index contributed by atoms with van der Waals surface area (Å²) in [7, 11) is 0. The zero-order chi connectivity index (χ0) is 15.4. The number of nitrogens with zero attached hydrogens (tertiary/aromatic N) is 4. The standard InChI is InChI=1S/C17H20N4O2/c22-17(15-9-16(23-19-15)11-1-2-11)21-12-3-4-13(21)8-14(7-12)20-6-5-18-10-20/h5-6,9-14H,1-4,7-8H2. The normalized spacial score (nSPS) is 29.9. The van der Waals surface area contributed by atoms with Crippen molar-refractivity contribution in [3.63, 3.8) is 0 Å². The molecule has 2 saturated heterocycles. The van der Waals surface area contributed by atoms with Crippen molar-refractivity contribution in [2.24, 2.45) is 0 Å². The largest absolute Gasteiger partial charge is 0.360 e. The Morgan fingerprint density at radius 2 is 1.91 bits per heavy atom. The third-order valence-corrected chi connectivity index (χ3v) is 5.62. The maximum Gasteiger partial charge on any atom is 0.276 e. The van der Waals surface area contributed by atoms with Crippen LogP contribution < -0.4 is 0 Å². The molecule has 1 aliphatic carbocycles. The van der Waals surface area contributed by atoms with Gasteiger partial charge in [-0.25, -0.2) is 4.98 Å². The molecule has 3 aliphatic rings. The second kappa shape index (κ2) is 4.94. The number of hydrogen-bond donors (Lipinski definition) is 0. The van der Waals surface area contributed by atoms with Gasteiger partial charge in [-0.2, -0.15) is 0 Å². The summed E-state index contributed by atoms with van der Waals surface area (Å²) in [6.45, 7) is 0. The van der Waals surface area contributed by atoms with Crippen LogP contribution >= 0.6 is 0 Å². The maximum absolute atomic E-state index is 12.9. The van der Waals surface area contributed by atoms with Gasteiger partial charge in [-0.3, -0.25) is 4.79 Å². The van der Waals surface area contributed by atoms with Crippen LogP contribution in [0.2, 0.25) is 0 Å². The minimum atomic E-state index is 0.0530. The van der Waals surface area contributed by atoms with Crippen LogP contribution in [-0.4, -0.2) is 37.6 Å². The van der Waals surface area contributed by atoms with Gasteiger partial charge >= 0.3 is 0 Å². The third-order valence-electron chi connectivity index (χ3n) is 5.62. The van der Waals surface area contributed by atoms with Gasteiger partial charge in [0.05, 0.1) is 6.33 Å². The molecule has 6 heteroatoms. The van der Waals surface area contributed by atoms with Gasteiger partial charge in [0.2, 0.25) is 0 Å². The van der Waals surface area contributed by atoms with Gasteiger partial charge in [-0.05, 0) is 38.5 Å². The topological polar surface area (TPSA) is 64.2 Å². The Morgan fingerprint density at radius 3 is 2.57 bits per heavy atom. The van der Waals surface area contributed by atoms with E-state index in [0.717, 1.165) is 44.3 Å². The Kier molecular flexibility index (Phi) is 2.87. The highest BCUT2D eigenvalue weighted by molar-refractivity contribution is 5.93. The molecule has 1 amide bonds. The monoisotopic (exact) mass is 312 g/mol. The van der Waals surface area contributed by atoms with Gasteiger partial charge in [0, 0.05) is 42.5 Å². The number of imidazole rings is 1. The van der Waals surface area contributed by atoms with E-state index in [-0.39, 0.29) is 5.91 Å². The molecule has 0 aromatic carbocycles. The molecule has 6 nitrogen and oxygen atoms in total. The fourth-order valence-electron chi connectivity index (χ4n) is 4.29. The van der Waals surface area contributed by atoms with Gasteiger partial charge in [0.1, 0.15) is 5.76 Å². The summed E-state index contributed by atoms with van der Waals surface area (Å²) in [5, 5.41) is 4.04. The number of fused-ring (bicyclic) bond motifs is 2. The molecule has 23 heavy (non-hydrogen) atoms. The maximum atomic E-state index is 12.9. The minimum Gasteiger partial charge on any atom is -0.360 e. The first-order chi connectivity index (χ1) is 11.3. The lowest BCUT2D eigenvalue weighted by Crippen LogP contribution is -2.47. The molecule has 2 unspecified atom stereocenters. The van der Waals surface area contributed by atoms with Crippen molar-refractivity contribution in [1.29, 1.82) is 0 Å². The van der Waals surface area contributed by atoms with Crippen molar-refractivity contribution in [2.45, 2.75) is 62.6 Å². The van der Waals surface area contributed by atoms with E-state index in [4.69, 9.17) is 4.52 Å². The number of hydrogen-bond acceptors (Lipinski definition) is 4. The molecule has 2 bridgehead atoms. The summed E-state index contributed by atoms with van der Waals surface area (Å²) in [4.78, 5) is 19.1. The van der Waals surface area contributed by atoms with E-state index in [1.165, 1.54) is 0 Å². The molecule has 2 atom stereocenters. The molecule has 5 rings (SSSR count). The molecule has 3 fully saturated rings. The summed E-state index contributed by atoms with van der Waals surface area (Å²) in [6, 6.07) is 2.95. The zero-order valence-electron chi connectivity index (χ0n) is 13.0. The molecule has 2 aromatic heterocycles. The first-order valence-corrected chi connectivity index (χ1v) is 8.56. The van der Waals surface area contributed by atoms with Gasteiger partial charge in [0.25, 0.3) is 5.91 Å². The van der Waals surface area contributed by atoms with Gasteiger partial charge in [-0.1, -0.05) is 5.16 Å². The fraction of sp³-hybridized carbons (Fsp3) is 0.588. The van der Waals surface area contributed by atoms with Gasteiger partial charge in [-0.15, -0.1) is 0 Å². The lowest BCUT2D eigenvalue weighted by atomic mass is 9.96. The van der Waals surface area contributed by atoms with Crippen LogP contribution in [-0.2, 0) is 0 Å². The molecule has 1 saturated carbocycles. The molecular formula is C17H20N4O2. The Hall–Kier alpha value is -2.11. The third kappa shape index (κ3) is 2.19. The number of amides is 1. The summed E-state index contributed by atoms with van der Waals surface area (Å²) in [5.41, 5.74) is 0.491. The van der Waals surface area contributed by atoms with Gasteiger partial charge in [0.15, 0.2) is 5.69 Å². The average molecular weight is 312 g/mol. The van der Waals surface area contributed by atoms with E-state index in [9.17, 15) is 4.79 Å². The smallest absolute Gasteiger partial charge is 0.276 e. The first-order valence-electron chi connectivity index (χ1n) is 8.56. The summed E-state index contributed by atoms with van der Waals surface area (Å²) < 4.78 is 7.55. The number of aromatic nitrogens is 3. The predicted molar refractivity (Wildman–Crippen MR) is 82.0 cm³/mol. The van der Waals surface area contributed by atoms with Crippen LogP contribution in [0.1, 0.15) is 66.7 Å². The van der Waals surface area contributed by atoms with Crippen molar-refractivity contribution in [1.82, 2.24) is 19.6 Å². The fourth-order valence-corrected chi connectivity index (χ4v) is 4.29. The van der Waals surface area contributed by atoms with Crippen LogP contribution in [0.5, 0.6) is 0 Å². The summed E-state index contributed by atoms with van der Waals surface area (Å²) in [5.74, 6) is 1.43. The number of carbonyl (C=O) groups excluding carboxylic acids is 1. The highest BCUT2D eigenvalue weighted by atomic mass is 16.5. The van der Waals surface area contributed by atoms with Crippen molar-refractivity contribution < 1.29 is 9.32 Å². The SMILES string of the molecule is O=C(c1cc(C2CC2)on1)N1C2CCC1CC(n1ccnc1)C2. The van der Waals surface area contributed by atoms with E-state index in [1.807, 2.05) is 24.8 Å². The Balaban J connectivity index is 1.36. The highest BCUT2D eigenvalue weighted by Crippen LogP contribution is 2.43. The van der Waals surface area contributed by atoms with Crippen LogP contribution in [0.25, 0.3) is 0 Å². The van der Waals surface area contributed by atoms with E-state index in [2.05, 4.69) is 19.6 Å². The summed E-state index contributed by atoms with van der Waals surface area (Å²) >= 11 is 0. The molecule has 0 radical (unpaired) electrons. The molecular weight excluding hydrogens is 292 g/mol. The number of piperidine rings is 1. The zero-order valence-corrected chi connectivity index (χ0v) is 13.0. The van der Waals surface area contributed by atoms with Crippen molar-refractivity contribution in [3.8, 4) is 0 Å². The lowest BCUT2D eigenvalue weighted by Gasteiger charge is -2.39. The van der Waals surface area contributed by atoms with Crippen LogP contribution in [0.15, 0.2) is 29.3 Å². The van der Waals surface area contributed by atoms with E-state index >= 15 is 0 Å². The van der Waals surface area contributed by atoms with Crippen molar-refractivity contribution in [2.75, 3.05) is 0 Å². The van der Waals surface area contributed by atoms with E-state index in [0.29, 0.717) is 29.7 Å². The number of rotatable bonds is 3. The molecule has 0 spiro atoms. The number of carbonyl (C=O) groups is 1. The Bertz CT molecular complexity index is 705. The minimum absolute atomic E-state index is 0.0530. The molecule has 4 heterocycles. The van der Waals surface area contributed by atoms with Crippen LogP contribution in [0.4, 0.5) is 0 Å². The quantitative estimate of drug-likeness (QED) is 0.874. The second-order valence-corrected chi connectivity index (χ2v) is 7.12. The van der Waals surface area contributed by atoms with Crippen molar-refractivity contribution >= 4 is 5.91 Å².